The van der Waals surface area contributed by atoms with Gasteiger partial charge in [-0.3, -0.25) is 0 Å². The Labute approximate surface area is 188 Å². The van der Waals surface area contributed by atoms with Gasteiger partial charge in [0.1, 0.15) is 5.75 Å². The van der Waals surface area contributed by atoms with Crippen LogP contribution in [0.3, 0.4) is 0 Å². The quantitative estimate of drug-likeness (QED) is 0.452. The molecule has 1 fully saturated rings. The zero-order valence-electron chi connectivity index (χ0n) is 18.3. The zero-order valence-corrected chi connectivity index (χ0v) is 19.1. The van der Waals surface area contributed by atoms with E-state index < -0.39 is 0 Å². The van der Waals surface area contributed by atoms with Gasteiger partial charge in [0.05, 0.1) is 18.0 Å². The first kappa shape index (κ1) is 21.8. The normalized spacial score (nSPS) is 15.4. The number of hydrogen-bond donors (Lipinski definition) is 1. The highest BCUT2D eigenvalue weighted by molar-refractivity contribution is 7.07. The Hall–Kier alpha value is -2.37. The summed E-state index contributed by atoms with van der Waals surface area (Å²) < 4.78 is 7.76. The number of nitrogens with zero attached hydrogens (tertiary/aromatic N) is 2. The summed E-state index contributed by atoms with van der Waals surface area (Å²) in [5.74, 6) is 1.58. The third kappa shape index (κ3) is 5.46. The Morgan fingerprint density at radius 3 is 2.45 bits per heavy atom. The van der Waals surface area contributed by atoms with Crippen LogP contribution >= 0.6 is 11.3 Å². The van der Waals surface area contributed by atoms with Crippen LogP contribution in [0.1, 0.15) is 56.9 Å². The maximum absolute atomic E-state index is 9.41. The highest BCUT2D eigenvalue weighted by Crippen LogP contribution is 2.33. The van der Waals surface area contributed by atoms with Crippen LogP contribution in [0.25, 0.3) is 11.3 Å². The fourth-order valence-electron chi connectivity index (χ4n) is 4.35. The van der Waals surface area contributed by atoms with Crippen LogP contribution in [0.5, 0.6) is 5.75 Å². The number of hydrogen-bond acceptors (Lipinski definition) is 4. The van der Waals surface area contributed by atoms with E-state index in [4.69, 9.17) is 9.73 Å². The summed E-state index contributed by atoms with van der Waals surface area (Å²) in [7, 11) is 0. The Bertz CT molecular complexity index is 1010. The molecular weight excluding hydrogens is 404 g/mol. The number of rotatable bonds is 8. The van der Waals surface area contributed by atoms with Crippen molar-refractivity contribution >= 4 is 17.0 Å². The fourth-order valence-corrected chi connectivity index (χ4v) is 5.31. The average Bonchev–Trinajstić information content (AvgIpc) is 3.22. The van der Waals surface area contributed by atoms with Gasteiger partial charge in [-0.25, -0.2) is 4.99 Å². The molecular formula is C26H32N2O2S. The first-order valence-electron chi connectivity index (χ1n) is 11.5. The third-order valence-corrected chi connectivity index (χ3v) is 6.86. The second-order valence-corrected chi connectivity index (χ2v) is 8.96. The standard InChI is InChI=1S/C26H32N2O2S/c1-2-30-24-15-13-23(14-16-24)27-26-28(17-6-18-29)25(19-31-26)22-11-9-21(10-12-22)20-7-4-3-5-8-20/h9-16,19-20,29H,2-8,17-18H2,1H3. The second-order valence-electron chi connectivity index (χ2n) is 8.13. The summed E-state index contributed by atoms with van der Waals surface area (Å²) in [5, 5.41) is 11.6. The van der Waals surface area contributed by atoms with Gasteiger partial charge in [-0.1, -0.05) is 43.5 Å². The molecule has 5 heteroatoms. The van der Waals surface area contributed by atoms with Crippen molar-refractivity contribution in [3.63, 3.8) is 0 Å². The number of aliphatic hydroxyl groups is 1. The topological polar surface area (TPSA) is 46.8 Å². The summed E-state index contributed by atoms with van der Waals surface area (Å²) in [4.78, 5) is 5.82. The molecule has 31 heavy (non-hydrogen) atoms. The molecule has 0 saturated heterocycles. The number of aliphatic hydroxyl groups excluding tert-OH is 1. The molecule has 1 saturated carbocycles. The van der Waals surface area contributed by atoms with E-state index in [0.717, 1.165) is 28.7 Å². The van der Waals surface area contributed by atoms with Crippen molar-refractivity contribution < 1.29 is 9.84 Å². The molecule has 0 radical (unpaired) electrons. The largest absolute Gasteiger partial charge is 0.494 e. The van der Waals surface area contributed by atoms with Gasteiger partial charge in [-0.2, -0.15) is 0 Å². The molecule has 1 aliphatic rings. The number of benzene rings is 2. The van der Waals surface area contributed by atoms with Gasteiger partial charge in [-0.15, -0.1) is 11.3 Å². The van der Waals surface area contributed by atoms with E-state index >= 15 is 0 Å². The fraction of sp³-hybridized carbons (Fsp3) is 0.423. The predicted molar refractivity (Wildman–Crippen MR) is 128 cm³/mol. The van der Waals surface area contributed by atoms with Crippen molar-refractivity contribution in [2.45, 2.75) is 57.9 Å². The lowest BCUT2D eigenvalue weighted by Crippen LogP contribution is -2.16. The van der Waals surface area contributed by atoms with Crippen molar-refractivity contribution in [1.82, 2.24) is 4.57 Å². The molecule has 1 aromatic heterocycles. The van der Waals surface area contributed by atoms with Crippen molar-refractivity contribution in [3.05, 3.63) is 64.3 Å². The number of aromatic nitrogens is 1. The van der Waals surface area contributed by atoms with E-state index in [0.29, 0.717) is 13.0 Å². The summed E-state index contributed by atoms with van der Waals surface area (Å²) in [6.45, 7) is 3.56. The molecule has 0 spiro atoms. The Morgan fingerprint density at radius 1 is 1.03 bits per heavy atom. The van der Waals surface area contributed by atoms with Gasteiger partial charge >= 0.3 is 0 Å². The lowest BCUT2D eigenvalue weighted by molar-refractivity contribution is 0.279. The van der Waals surface area contributed by atoms with E-state index in [-0.39, 0.29) is 6.61 Å². The summed E-state index contributed by atoms with van der Waals surface area (Å²) in [6.07, 6.45) is 7.44. The predicted octanol–water partition coefficient (Wildman–Crippen LogP) is 6.28. The zero-order chi connectivity index (χ0) is 21.5. The molecule has 1 N–H and O–H groups in total. The Balaban J connectivity index is 1.62. The minimum atomic E-state index is 0.172. The van der Waals surface area contributed by atoms with Gasteiger partial charge < -0.3 is 14.4 Å². The third-order valence-electron chi connectivity index (χ3n) is 5.99. The van der Waals surface area contributed by atoms with Crippen LogP contribution in [0.15, 0.2) is 58.9 Å². The molecule has 2 aromatic carbocycles. The van der Waals surface area contributed by atoms with E-state index in [1.165, 1.54) is 48.9 Å². The van der Waals surface area contributed by atoms with Crippen molar-refractivity contribution in [1.29, 1.82) is 0 Å². The highest BCUT2D eigenvalue weighted by Gasteiger charge is 2.16. The summed E-state index contributed by atoms with van der Waals surface area (Å²) >= 11 is 1.65. The highest BCUT2D eigenvalue weighted by atomic mass is 32.1. The van der Waals surface area contributed by atoms with Gasteiger partial charge in [-0.05, 0) is 67.5 Å². The number of thiazole rings is 1. The molecule has 0 aliphatic heterocycles. The molecule has 0 atom stereocenters. The monoisotopic (exact) mass is 436 g/mol. The van der Waals surface area contributed by atoms with Gasteiger partial charge in [0.2, 0.25) is 0 Å². The smallest absolute Gasteiger partial charge is 0.190 e. The van der Waals surface area contributed by atoms with E-state index in [1.807, 2.05) is 31.2 Å². The van der Waals surface area contributed by atoms with Crippen LogP contribution < -0.4 is 9.54 Å². The van der Waals surface area contributed by atoms with Crippen LogP contribution in [0.2, 0.25) is 0 Å². The maximum atomic E-state index is 9.41. The molecule has 1 aliphatic carbocycles. The average molecular weight is 437 g/mol. The van der Waals surface area contributed by atoms with E-state index in [9.17, 15) is 5.11 Å². The van der Waals surface area contributed by atoms with Gasteiger partial charge in [0, 0.05) is 18.5 Å². The number of ether oxygens (including phenoxy) is 1. The van der Waals surface area contributed by atoms with Crippen LogP contribution in [-0.4, -0.2) is 22.9 Å². The second kappa shape index (κ2) is 10.8. The lowest BCUT2D eigenvalue weighted by Gasteiger charge is -2.22. The van der Waals surface area contributed by atoms with Crippen LogP contribution in [0.4, 0.5) is 5.69 Å². The van der Waals surface area contributed by atoms with Crippen LogP contribution in [0, 0.1) is 0 Å². The summed E-state index contributed by atoms with van der Waals surface area (Å²) in [5.41, 5.74) is 4.75. The summed E-state index contributed by atoms with van der Waals surface area (Å²) in [6, 6.07) is 17.0. The molecule has 4 nitrogen and oxygen atoms in total. The molecule has 0 unspecified atom stereocenters. The Morgan fingerprint density at radius 2 is 1.77 bits per heavy atom. The first-order chi connectivity index (χ1) is 15.3. The minimum absolute atomic E-state index is 0.172. The SMILES string of the molecule is CCOc1ccc(N=c2scc(-c3ccc(C4CCCCC4)cc3)n2CCCO)cc1. The lowest BCUT2D eigenvalue weighted by atomic mass is 9.84. The molecule has 4 rings (SSSR count). The maximum Gasteiger partial charge on any atom is 0.190 e. The van der Waals surface area contributed by atoms with Crippen molar-refractivity contribution in [2.24, 2.45) is 4.99 Å². The van der Waals surface area contributed by atoms with Crippen molar-refractivity contribution in [3.8, 4) is 17.0 Å². The van der Waals surface area contributed by atoms with E-state index in [2.05, 4.69) is 34.2 Å². The molecule has 1 heterocycles. The van der Waals surface area contributed by atoms with Crippen molar-refractivity contribution in [2.75, 3.05) is 13.2 Å². The van der Waals surface area contributed by atoms with Gasteiger partial charge in [0.25, 0.3) is 0 Å². The van der Waals surface area contributed by atoms with Crippen LogP contribution in [-0.2, 0) is 6.54 Å². The molecule has 3 aromatic rings. The van der Waals surface area contributed by atoms with E-state index in [1.54, 1.807) is 11.3 Å². The Kier molecular flexibility index (Phi) is 7.60. The van der Waals surface area contributed by atoms with Gasteiger partial charge in [0.15, 0.2) is 4.80 Å². The molecule has 164 valence electrons. The minimum Gasteiger partial charge on any atom is -0.494 e. The molecule has 0 bridgehead atoms. The molecule has 0 amide bonds. The first-order valence-corrected chi connectivity index (χ1v) is 12.3.